The second-order valence-electron chi connectivity index (χ2n) is 5.99. The van der Waals surface area contributed by atoms with Gasteiger partial charge in [0.2, 0.25) is 0 Å². The summed E-state index contributed by atoms with van der Waals surface area (Å²) in [6, 6.07) is 15.2. The van der Waals surface area contributed by atoms with Crippen molar-refractivity contribution in [1.29, 1.82) is 5.26 Å². The van der Waals surface area contributed by atoms with Crippen LogP contribution in [-0.2, 0) is 6.61 Å². The first-order valence-electron chi connectivity index (χ1n) is 8.51. The van der Waals surface area contributed by atoms with Gasteiger partial charge in [-0.05, 0) is 42.5 Å². The lowest BCUT2D eigenvalue weighted by atomic mass is 10.1. The Labute approximate surface area is 167 Å². The van der Waals surface area contributed by atoms with Gasteiger partial charge in [-0.25, -0.2) is 4.98 Å². The molecule has 6 nitrogen and oxygen atoms in total. The number of methoxy groups -OCH3 is 1. The van der Waals surface area contributed by atoms with Crippen LogP contribution < -0.4 is 15.0 Å². The van der Waals surface area contributed by atoms with Crippen LogP contribution >= 0.6 is 11.8 Å². The number of hydrogen-bond acceptors (Lipinski definition) is 6. The minimum Gasteiger partial charge on any atom is -0.493 e. The molecule has 3 aromatic rings. The molecule has 7 heteroatoms. The Morgan fingerprint density at radius 1 is 1.21 bits per heavy atom. The summed E-state index contributed by atoms with van der Waals surface area (Å²) in [6.07, 6.45) is 1.80. The SMILES string of the molecule is COc1cc(-c2nc(SC)[nH]c(=O)c2C#N)ccc1OCc1ccccc1C. The first kappa shape index (κ1) is 19.5. The van der Waals surface area contributed by atoms with Crippen LogP contribution in [0.4, 0.5) is 0 Å². The first-order valence-corrected chi connectivity index (χ1v) is 9.74. The lowest BCUT2D eigenvalue weighted by molar-refractivity contribution is 0.284. The summed E-state index contributed by atoms with van der Waals surface area (Å²) in [7, 11) is 1.55. The molecule has 0 radical (unpaired) electrons. The number of rotatable bonds is 6. The Morgan fingerprint density at radius 3 is 2.68 bits per heavy atom. The highest BCUT2D eigenvalue weighted by molar-refractivity contribution is 7.98. The predicted molar refractivity (Wildman–Crippen MR) is 109 cm³/mol. The minimum absolute atomic E-state index is 0.0339. The fourth-order valence-corrected chi connectivity index (χ4v) is 3.10. The molecule has 142 valence electrons. The number of aromatic nitrogens is 2. The van der Waals surface area contributed by atoms with Gasteiger partial charge in [0.05, 0.1) is 12.8 Å². The molecular weight excluding hydrogens is 374 g/mol. The van der Waals surface area contributed by atoms with E-state index in [9.17, 15) is 10.1 Å². The van der Waals surface area contributed by atoms with Crippen molar-refractivity contribution < 1.29 is 9.47 Å². The van der Waals surface area contributed by atoms with E-state index in [0.29, 0.717) is 34.5 Å². The Kier molecular flexibility index (Phi) is 6.02. The highest BCUT2D eigenvalue weighted by atomic mass is 32.2. The van der Waals surface area contributed by atoms with E-state index in [1.54, 1.807) is 31.6 Å². The Hall–Kier alpha value is -3.24. The number of H-pyrrole nitrogens is 1. The highest BCUT2D eigenvalue weighted by Gasteiger charge is 2.16. The molecule has 0 fully saturated rings. The second-order valence-corrected chi connectivity index (χ2v) is 6.79. The van der Waals surface area contributed by atoms with Gasteiger partial charge in [0, 0.05) is 5.56 Å². The van der Waals surface area contributed by atoms with Crippen molar-refractivity contribution in [3.05, 3.63) is 69.5 Å². The molecule has 0 aliphatic heterocycles. The molecule has 0 unspecified atom stereocenters. The summed E-state index contributed by atoms with van der Waals surface area (Å²) in [5.74, 6) is 1.07. The molecule has 0 saturated heterocycles. The highest BCUT2D eigenvalue weighted by Crippen LogP contribution is 2.33. The molecule has 3 rings (SSSR count). The van der Waals surface area contributed by atoms with Crippen LogP contribution in [0.25, 0.3) is 11.3 Å². The number of benzene rings is 2. The van der Waals surface area contributed by atoms with Crippen LogP contribution in [0.3, 0.4) is 0 Å². The van der Waals surface area contributed by atoms with E-state index in [4.69, 9.17) is 9.47 Å². The van der Waals surface area contributed by atoms with Crippen molar-refractivity contribution in [3.8, 4) is 28.8 Å². The van der Waals surface area contributed by atoms with Crippen LogP contribution in [0.1, 0.15) is 16.7 Å². The third-order valence-corrected chi connectivity index (χ3v) is 4.86. The van der Waals surface area contributed by atoms with Gasteiger partial charge in [0.25, 0.3) is 5.56 Å². The van der Waals surface area contributed by atoms with Gasteiger partial charge in [-0.15, -0.1) is 0 Å². The van der Waals surface area contributed by atoms with Crippen LogP contribution in [-0.4, -0.2) is 23.3 Å². The first-order chi connectivity index (χ1) is 13.6. The third kappa shape index (κ3) is 4.02. The minimum atomic E-state index is -0.462. The normalized spacial score (nSPS) is 10.4. The largest absolute Gasteiger partial charge is 0.493 e. The van der Waals surface area contributed by atoms with Gasteiger partial charge < -0.3 is 14.5 Å². The molecule has 0 amide bonds. The summed E-state index contributed by atoms with van der Waals surface area (Å²) in [5.41, 5.74) is 2.66. The molecule has 0 atom stereocenters. The number of aromatic amines is 1. The van der Waals surface area contributed by atoms with E-state index in [1.165, 1.54) is 11.8 Å². The van der Waals surface area contributed by atoms with Crippen LogP contribution in [0.5, 0.6) is 11.5 Å². The number of hydrogen-bond donors (Lipinski definition) is 1. The second kappa shape index (κ2) is 8.63. The van der Waals surface area contributed by atoms with E-state index in [-0.39, 0.29) is 5.56 Å². The van der Waals surface area contributed by atoms with Gasteiger partial charge in [0.1, 0.15) is 18.2 Å². The predicted octanol–water partition coefficient (Wildman–Crippen LogP) is 3.93. The third-order valence-electron chi connectivity index (χ3n) is 4.28. The zero-order valence-corrected chi connectivity index (χ0v) is 16.6. The van der Waals surface area contributed by atoms with Gasteiger partial charge >= 0.3 is 0 Å². The van der Waals surface area contributed by atoms with E-state index in [2.05, 4.69) is 9.97 Å². The number of thioether (sulfide) groups is 1. The maximum atomic E-state index is 12.1. The van der Waals surface area contributed by atoms with Crippen LogP contribution in [0.15, 0.2) is 52.4 Å². The molecule has 1 aromatic heterocycles. The maximum Gasteiger partial charge on any atom is 0.270 e. The molecule has 1 heterocycles. The number of ether oxygens (including phenoxy) is 2. The van der Waals surface area contributed by atoms with E-state index in [0.717, 1.165) is 11.1 Å². The summed E-state index contributed by atoms with van der Waals surface area (Å²) in [4.78, 5) is 19.1. The van der Waals surface area contributed by atoms with Gasteiger partial charge in [-0.2, -0.15) is 5.26 Å². The Balaban J connectivity index is 1.96. The molecular formula is C21H19N3O3S. The number of nitriles is 1. The van der Waals surface area contributed by atoms with E-state index in [1.807, 2.05) is 37.3 Å². The van der Waals surface area contributed by atoms with Gasteiger partial charge in [-0.3, -0.25) is 4.79 Å². The van der Waals surface area contributed by atoms with Crippen molar-refractivity contribution in [2.45, 2.75) is 18.7 Å². The molecule has 0 spiro atoms. The average molecular weight is 393 g/mol. The molecule has 0 saturated carbocycles. The van der Waals surface area contributed by atoms with E-state index >= 15 is 0 Å². The molecule has 28 heavy (non-hydrogen) atoms. The quantitative estimate of drug-likeness (QED) is 0.504. The van der Waals surface area contributed by atoms with E-state index < -0.39 is 5.56 Å². The standard InChI is InChI=1S/C21H19N3O3S/c1-13-6-4-5-7-15(13)12-27-17-9-8-14(10-18(17)26-2)19-16(11-22)20(25)24-21(23-19)28-3/h4-10H,12H2,1-3H3,(H,23,24,25). The maximum absolute atomic E-state index is 12.1. The van der Waals surface area contributed by atoms with Crippen molar-refractivity contribution in [2.75, 3.05) is 13.4 Å². The molecule has 1 N–H and O–H groups in total. The topological polar surface area (TPSA) is 88.0 Å². The smallest absolute Gasteiger partial charge is 0.270 e. The monoisotopic (exact) mass is 393 g/mol. The molecule has 0 aliphatic carbocycles. The fraction of sp³-hybridized carbons (Fsp3) is 0.190. The molecule has 2 aromatic carbocycles. The Bertz CT molecular complexity index is 1100. The zero-order valence-electron chi connectivity index (χ0n) is 15.8. The molecule has 0 aliphatic rings. The number of aryl methyl sites for hydroxylation is 1. The molecule has 0 bridgehead atoms. The summed E-state index contributed by atoms with van der Waals surface area (Å²) in [5, 5.41) is 9.81. The average Bonchev–Trinajstić information content (AvgIpc) is 2.72. The van der Waals surface area contributed by atoms with Crippen molar-refractivity contribution in [1.82, 2.24) is 9.97 Å². The van der Waals surface area contributed by atoms with Gasteiger partial charge in [0.15, 0.2) is 16.7 Å². The van der Waals surface area contributed by atoms with Crippen molar-refractivity contribution >= 4 is 11.8 Å². The number of nitrogens with zero attached hydrogens (tertiary/aromatic N) is 2. The van der Waals surface area contributed by atoms with Gasteiger partial charge in [-0.1, -0.05) is 36.0 Å². The summed E-state index contributed by atoms with van der Waals surface area (Å²) in [6.45, 7) is 2.44. The Morgan fingerprint density at radius 2 is 2.00 bits per heavy atom. The van der Waals surface area contributed by atoms with Crippen LogP contribution in [0, 0.1) is 18.3 Å². The lowest BCUT2D eigenvalue weighted by Crippen LogP contribution is -2.14. The van der Waals surface area contributed by atoms with Crippen molar-refractivity contribution in [2.24, 2.45) is 0 Å². The fourth-order valence-electron chi connectivity index (χ4n) is 2.72. The summed E-state index contributed by atoms with van der Waals surface area (Å²) >= 11 is 1.30. The van der Waals surface area contributed by atoms with Crippen LogP contribution in [0.2, 0.25) is 0 Å². The zero-order chi connectivity index (χ0) is 20.1. The lowest BCUT2D eigenvalue weighted by Gasteiger charge is -2.13. The van der Waals surface area contributed by atoms with Crippen molar-refractivity contribution in [3.63, 3.8) is 0 Å². The summed E-state index contributed by atoms with van der Waals surface area (Å²) < 4.78 is 11.4. The number of nitrogens with one attached hydrogen (secondary N) is 1.